The average molecular weight is 261 g/mol. The first kappa shape index (κ1) is 13.9. The van der Waals surface area contributed by atoms with E-state index >= 15 is 0 Å². The van der Waals surface area contributed by atoms with Crippen LogP contribution >= 0.6 is 0 Å². The summed E-state index contributed by atoms with van der Waals surface area (Å²) in [6.07, 6.45) is 0.899. The Morgan fingerprint density at radius 3 is 2.79 bits per heavy atom. The molecule has 0 saturated heterocycles. The van der Waals surface area contributed by atoms with Crippen molar-refractivity contribution in [2.24, 2.45) is 0 Å². The van der Waals surface area contributed by atoms with Crippen LogP contribution in [-0.2, 0) is 6.42 Å². The van der Waals surface area contributed by atoms with Crippen molar-refractivity contribution in [3.8, 4) is 5.75 Å². The largest absolute Gasteiger partial charge is 0.494 e. The highest BCUT2D eigenvalue weighted by Gasteiger charge is 2.09. The molecule has 4 heteroatoms. The molecule has 0 aliphatic heterocycles. The molecule has 0 saturated carbocycles. The zero-order valence-corrected chi connectivity index (χ0v) is 12.2. The average Bonchev–Trinajstić information content (AvgIpc) is 2.69. The molecule has 0 bridgehead atoms. The van der Waals surface area contributed by atoms with Crippen LogP contribution in [0.25, 0.3) is 11.0 Å². The number of benzene rings is 1. The topological polar surface area (TPSA) is 49.9 Å². The fourth-order valence-electron chi connectivity index (χ4n) is 1.97. The van der Waals surface area contributed by atoms with Crippen molar-refractivity contribution in [2.45, 2.75) is 39.7 Å². The highest BCUT2D eigenvalue weighted by Crippen LogP contribution is 2.19. The Kier molecular flexibility index (Phi) is 4.10. The number of nitrogens with one attached hydrogen (secondary N) is 2. The van der Waals surface area contributed by atoms with Crippen molar-refractivity contribution in [2.75, 3.05) is 13.2 Å². The third-order valence-corrected chi connectivity index (χ3v) is 2.83. The van der Waals surface area contributed by atoms with Crippen LogP contribution in [0.3, 0.4) is 0 Å². The molecule has 104 valence electrons. The molecule has 0 amide bonds. The van der Waals surface area contributed by atoms with Gasteiger partial charge in [-0.2, -0.15) is 0 Å². The van der Waals surface area contributed by atoms with Crippen LogP contribution in [0, 0.1) is 0 Å². The van der Waals surface area contributed by atoms with Crippen LogP contribution in [0.1, 0.15) is 33.5 Å². The molecule has 19 heavy (non-hydrogen) atoms. The molecule has 0 radical (unpaired) electrons. The van der Waals surface area contributed by atoms with Crippen LogP contribution < -0.4 is 10.1 Å². The highest BCUT2D eigenvalue weighted by atomic mass is 16.5. The Morgan fingerprint density at radius 2 is 2.11 bits per heavy atom. The molecular weight excluding hydrogens is 238 g/mol. The van der Waals surface area contributed by atoms with Crippen molar-refractivity contribution in [3.05, 3.63) is 24.0 Å². The zero-order chi connectivity index (χ0) is 13.9. The van der Waals surface area contributed by atoms with E-state index in [1.807, 2.05) is 25.1 Å². The molecule has 4 nitrogen and oxygen atoms in total. The molecule has 0 fully saturated rings. The lowest BCUT2D eigenvalue weighted by Gasteiger charge is -2.19. The van der Waals surface area contributed by atoms with Gasteiger partial charge in [0, 0.05) is 24.6 Å². The lowest BCUT2D eigenvalue weighted by atomic mass is 10.1. The van der Waals surface area contributed by atoms with Crippen molar-refractivity contribution >= 4 is 11.0 Å². The third-order valence-electron chi connectivity index (χ3n) is 2.83. The Hall–Kier alpha value is -1.55. The van der Waals surface area contributed by atoms with E-state index in [0.717, 1.165) is 35.6 Å². The van der Waals surface area contributed by atoms with Gasteiger partial charge < -0.3 is 15.0 Å². The summed E-state index contributed by atoms with van der Waals surface area (Å²) in [6, 6.07) is 5.97. The number of ether oxygens (including phenoxy) is 1. The van der Waals surface area contributed by atoms with Gasteiger partial charge >= 0.3 is 0 Å². The fraction of sp³-hybridized carbons (Fsp3) is 0.533. The second-order valence-electron chi connectivity index (χ2n) is 5.72. The van der Waals surface area contributed by atoms with E-state index in [1.165, 1.54) is 0 Å². The number of imidazole rings is 1. The smallest absolute Gasteiger partial charge is 0.121 e. The summed E-state index contributed by atoms with van der Waals surface area (Å²) in [5, 5.41) is 3.46. The maximum Gasteiger partial charge on any atom is 0.121 e. The summed E-state index contributed by atoms with van der Waals surface area (Å²) in [6.45, 7) is 10.1. The van der Waals surface area contributed by atoms with Gasteiger partial charge in [0.05, 0.1) is 17.6 Å². The van der Waals surface area contributed by atoms with Gasteiger partial charge in [0.15, 0.2) is 0 Å². The van der Waals surface area contributed by atoms with Crippen LogP contribution in [-0.4, -0.2) is 28.7 Å². The number of fused-ring (bicyclic) bond motifs is 1. The summed E-state index contributed by atoms with van der Waals surface area (Å²) in [5.74, 6) is 1.90. The predicted octanol–water partition coefficient (Wildman–Crippen LogP) is 2.89. The number of H-pyrrole nitrogens is 1. The molecule has 1 heterocycles. The van der Waals surface area contributed by atoms with E-state index in [2.05, 4.69) is 36.1 Å². The SMILES string of the molecule is CCOc1ccc2nc(CCNC(C)(C)C)[nH]c2c1. The molecule has 1 aromatic heterocycles. The lowest BCUT2D eigenvalue weighted by Crippen LogP contribution is -2.37. The number of hydrogen-bond donors (Lipinski definition) is 2. The van der Waals surface area contributed by atoms with Crippen LogP contribution in [0.2, 0.25) is 0 Å². The second kappa shape index (κ2) is 5.61. The summed E-state index contributed by atoms with van der Waals surface area (Å²) in [5.41, 5.74) is 2.18. The van der Waals surface area contributed by atoms with E-state index < -0.39 is 0 Å². The predicted molar refractivity (Wildman–Crippen MR) is 78.7 cm³/mol. The summed E-state index contributed by atoms with van der Waals surface area (Å²) < 4.78 is 5.49. The van der Waals surface area contributed by atoms with Gasteiger partial charge in [-0.25, -0.2) is 4.98 Å². The van der Waals surface area contributed by atoms with Crippen molar-refractivity contribution in [1.29, 1.82) is 0 Å². The number of aromatic amines is 1. The van der Waals surface area contributed by atoms with E-state index in [-0.39, 0.29) is 5.54 Å². The summed E-state index contributed by atoms with van der Waals surface area (Å²) in [4.78, 5) is 7.93. The standard InChI is InChI=1S/C15H23N3O/c1-5-19-11-6-7-12-13(10-11)18-14(17-12)8-9-16-15(2,3)4/h6-7,10,16H,5,8-9H2,1-4H3,(H,17,18). The van der Waals surface area contributed by atoms with Crippen LogP contribution in [0.5, 0.6) is 5.75 Å². The normalized spacial score (nSPS) is 12.0. The van der Waals surface area contributed by atoms with Gasteiger partial charge in [-0.3, -0.25) is 0 Å². The van der Waals surface area contributed by atoms with Crippen LogP contribution in [0.4, 0.5) is 0 Å². The van der Waals surface area contributed by atoms with Crippen molar-refractivity contribution < 1.29 is 4.74 Å². The summed E-state index contributed by atoms with van der Waals surface area (Å²) >= 11 is 0. The first-order valence-electron chi connectivity index (χ1n) is 6.84. The van der Waals surface area contributed by atoms with Gasteiger partial charge in [0.25, 0.3) is 0 Å². The van der Waals surface area contributed by atoms with Gasteiger partial charge in [-0.1, -0.05) is 0 Å². The first-order chi connectivity index (χ1) is 8.98. The number of hydrogen-bond acceptors (Lipinski definition) is 3. The Labute approximate surface area is 114 Å². The van der Waals surface area contributed by atoms with E-state index in [0.29, 0.717) is 6.61 Å². The minimum Gasteiger partial charge on any atom is -0.494 e. The van der Waals surface area contributed by atoms with E-state index in [1.54, 1.807) is 0 Å². The minimum absolute atomic E-state index is 0.147. The highest BCUT2D eigenvalue weighted by molar-refractivity contribution is 5.76. The van der Waals surface area contributed by atoms with E-state index in [4.69, 9.17) is 4.74 Å². The maximum absolute atomic E-state index is 5.49. The lowest BCUT2D eigenvalue weighted by molar-refractivity contribution is 0.340. The van der Waals surface area contributed by atoms with Gasteiger partial charge in [-0.15, -0.1) is 0 Å². The number of nitrogens with zero attached hydrogens (tertiary/aromatic N) is 1. The minimum atomic E-state index is 0.147. The number of rotatable bonds is 5. The third kappa shape index (κ3) is 3.96. The second-order valence-corrected chi connectivity index (χ2v) is 5.72. The van der Waals surface area contributed by atoms with Crippen LogP contribution in [0.15, 0.2) is 18.2 Å². The van der Waals surface area contributed by atoms with Crippen molar-refractivity contribution in [3.63, 3.8) is 0 Å². The molecule has 0 spiro atoms. The molecule has 2 aromatic rings. The van der Waals surface area contributed by atoms with E-state index in [9.17, 15) is 0 Å². The Balaban J connectivity index is 2.04. The van der Waals surface area contributed by atoms with Gasteiger partial charge in [-0.05, 0) is 39.8 Å². The van der Waals surface area contributed by atoms with Gasteiger partial charge in [0.1, 0.15) is 11.6 Å². The Bertz CT molecular complexity index is 540. The molecular formula is C15H23N3O. The number of aromatic nitrogens is 2. The molecule has 0 aliphatic rings. The molecule has 2 rings (SSSR count). The van der Waals surface area contributed by atoms with Gasteiger partial charge in [0.2, 0.25) is 0 Å². The molecule has 0 atom stereocenters. The molecule has 0 unspecified atom stereocenters. The quantitative estimate of drug-likeness (QED) is 0.870. The molecule has 0 aliphatic carbocycles. The fourth-order valence-corrected chi connectivity index (χ4v) is 1.97. The summed E-state index contributed by atoms with van der Waals surface area (Å²) in [7, 11) is 0. The zero-order valence-electron chi connectivity index (χ0n) is 12.2. The molecule has 1 aromatic carbocycles. The first-order valence-corrected chi connectivity index (χ1v) is 6.84. The molecule has 2 N–H and O–H groups in total. The van der Waals surface area contributed by atoms with Crippen molar-refractivity contribution in [1.82, 2.24) is 15.3 Å². The monoisotopic (exact) mass is 261 g/mol. The maximum atomic E-state index is 5.49. The Morgan fingerprint density at radius 1 is 1.32 bits per heavy atom.